The van der Waals surface area contributed by atoms with Gasteiger partial charge in [0.2, 0.25) is 5.91 Å². The maximum Gasteiger partial charge on any atom is 0.226 e. The molecule has 3 aromatic rings. The van der Waals surface area contributed by atoms with E-state index in [0.29, 0.717) is 21.5 Å². The molecule has 144 valence electrons. The Morgan fingerprint density at radius 2 is 1.97 bits per heavy atom. The van der Waals surface area contributed by atoms with Crippen molar-refractivity contribution in [3.63, 3.8) is 0 Å². The number of nitrogens with one attached hydrogen (secondary N) is 1. The average Bonchev–Trinajstić information content (AvgIpc) is 3.21. The Hall–Kier alpha value is -3.40. The number of pyridine rings is 1. The molecule has 3 rings (SSSR count). The van der Waals surface area contributed by atoms with Crippen molar-refractivity contribution in [3.8, 4) is 23.3 Å². The number of anilines is 2. The number of thioether (sulfide) groups is 1. The first-order valence-electron chi connectivity index (χ1n) is 8.56. The first kappa shape index (κ1) is 20.3. The lowest BCUT2D eigenvalue weighted by molar-refractivity contribution is -0.115. The number of hydrogen-bond donors (Lipinski definition) is 2. The van der Waals surface area contributed by atoms with E-state index in [1.54, 1.807) is 11.6 Å². The van der Waals surface area contributed by atoms with E-state index in [-0.39, 0.29) is 29.3 Å². The number of amides is 1. The van der Waals surface area contributed by atoms with Crippen LogP contribution in [0.15, 0.2) is 40.9 Å². The van der Waals surface area contributed by atoms with Crippen LogP contribution in [0.4, 0.5) is 10.9 Å². The van der Waals surface area contributed by atoms with Gasteiger partial charge >= 0.3 is 0 Å². The standard InChI is InChI=1S/C20H16N6OS2/c1-12-2-4-13(5-3-12)17-14(10-21)18(23)26-19(15(17)11-22)28-8-6-16(27)25-20-24-7-9-29-20/h2-5,7,9H,6,8H2,1H3,(H2,23,26)(H,24,25,27). The Labute approximate surface area is 176 Å². The second-order valence-electron chi connectivity index (χ2n) is 6.00. The molecule has 9 heteroatoms. The van der Waals surface area contributed by atoms with Crippen molar-refractivity contribution in [1.82, 2.24) is 9.97 Å². The Kier molecular flexibility index (Phi) is 6.45. The number of nitrogen functional groups attached to an aromatic ring is 1. The number of nitrogens with two attached hydrogens (primary N) is 1. The van der Waals surface area contributed by atoms with Crippen LogP contribution >= 0.6 is 23.1 Å². The van der Waals surface area contributed by atoms with Gasteiger partial charge in [-0.15, -0.1) is 23.1 Å². The van der Waals surface area contributed by atoms with Crippen LogP contribution in [0, 0.1) is 29.6 Å². The molecule has 1 aromatic carbocycles. The van der Waals surface area contributed by atoms with Gasteiger partial charge in [-0.3, -0.25) is 4.79 Å². The lowest BCUT2D eigenvalue weighted by atomic mass is 9.96. The average molecular weight is 421 g/mol. The van der Waals surface area contributed by atoms with Crippen molar-refractivity contribution in [2.75, 3.05) is 16.8 Å². The summed E-state index contributed by atoms with van der Waals surface area (Å²) in [6.45, 7) is 1.96. The van der Waals surface area contributed by atoms with Crippen LogP contribution in [0.25, 0.3) is 11.1 Å². The number of carbonyl (C=O) groups is 1. The monoisotopic (exact) mass is 420 g/mol. The van der Waals surface area contributed by atoms with Gasteiger partial charge in [-0.1, -0.05) is 29.8 Å². The molecule has 1 amide bonds. The van der Waals surface area contributed by atoms with E-state index in [2.05, 4.69) is 27.4 Å². The van der Waals surface area contributed by atoms with Crippen LogP contribution in [-0.2, 0) is 4.79 Å². The fraction of sp³-hybridized carbons (Fsp3) is 0.150. The molecule has 0 spiro atoms. The second kappa shape index (κ2) is 9.20. The summed E-state index contributed by atoms with van der Waals surface area (Å²) in [5, 5.41) is 24.8. The second-order valence-corrected chi connectivity index (χ2v) is 7.98. The third-order valence-corrected chi connectivity index (χ3v) is 5.67. The number of carbonyl (C=O) groups excluding carboxylic acids is 1. The van der Waals surface area contributed by atoms with E-state index < -0.39 is 0 Å². The normalized spacial score (nSPS) is 10.2. The lowest BCUT2D eigenvalue weighted by Gasteiger charge is -2.13. The lowest BCUT2D eigenvalue weighted by Crippen LogP contribution is -2.12. The maximum absolute atomic E-state index is 12.0. The number of thiazole rings is 1. The van der Waals surface area contributed by atoms with E-state index in [9.17, 15) is 15.3 Å². The molecular weight excluding hydrogens is 404 g/mol. The Morgan fingerprint density at radius 3 is 2.59 bits per heavy atom. The molecule has 0 radical (unpaired) electrons. The molecular formula is C20H16N6OS2. The predicted molar refractivity (Wildman–Crippen MR) is 114 cm³/mol. The highest BCUT2D eigenvalue weighted by atomic mass is 32.2. The maximum atomic E-state index is 12.0. The van der Waals surface area contributed by atoms with Gasteiger partial charge in [-0.2, -0.15) is 10.5 Å². The van der Waals surface area contributed by atoms with Crippen LogP contribution in [-0.4, -0.2) is 21.6 Å². The topological polar surface area (TPSA) is 128 Å². The van der Waals surface area contributed by atoms with Gasteiger partial charge in [-0.05, 0) is 12.5 Å². The number of aryl methyl sites for hydroxylation is 1. The fourth-order valence-electron chi connectivity index (χ4n) is 2.62. The molecule has 3 N–H and O–H groups in total. The molecule has 0 unspecified atom stereocenters. The Morgan fingerprint density at radius 1 is 1.24 bits per heavy atom. The summed E-state index contributed by atoms with van der Waals surface area (Å²) in [5.41, 5.74) is 8.72. The van der Waals surface area contributed by atoms with Crippen molar-refractivity contribution >= 4 is 40.0 Å². The van der Waals surface area contributed by atoms with Crippen LogP contribution < -0.4 is 11.1 Å². The largest absolute Gasteiger partial charge is 0.383 e. The number of benzene rings is 1. The number of nitrogens with zero attached hydrogens (tertiary/aromatic N) is 4. The number of nitriles is 2. The fourth-order valence-corrected chi connectivity index (χ4v) is 4.10. The van der Waals surface area contributed by atoms with Crippen LogP contribution in [0.5, 0.6) is 0 Å². The molecule has 0 saturated carbocycles. The van der Waals surface area contributed by atoms with Crippen LogP contribution in [0.3, 0.4) is 0 Å². The summed E-state index contributed by atoms with van der Waals surface area (Å²) in [5.74, 6) is 0.292. The van der Waals surface area contributed by atoms with Gasteiger partial charge in [0.25, 0.3) is 0 Å². The number of rotatable bonds is 6. The minimum absolute atomic E-state index is 0.0665. The Balaban J connectivity index is 1.85. The smallest absolute Gasteiger partial charge is 0.226 e. The molecule has 0 aliphatic rings. The van der Waals surface area contributed by atoms with Crippen LogP contribution in [0.1, 0.15) is 23.1 Å². The third kappa shape index (κ3) is 4.72. The van der Waals surface area contributed by atoms with E-state index in [1.165, 1.54) is 23.1 Å². The molecule has 2 heterocycles. The molecule has 0 saturated heterocycles. The predicted octanol–water partition coefficient (Wildman–Crippen LogP) is 3.96. The minimum Gasteiger partial charge on any atom is -0.383 e. The highest BCUT2D eigenvalue weighted by Crippen LogP contribution is 2.35. The van der Waals surface area contributed by atoms with E-state index in [1.807, 2.05) is 31.2 Å². The summed E-state index contributed by atoms with van der Waals surface area (Å²) in [4.78, 5) is 20.3. The van der Waals surface area contributed by atoms with Gasteiger partial charge < -0.3 is 11.1 Å². The van der Waals surface area contributed by atoms with Crippen molar-refractivity contribution in [1.29, 1.82) is 10.5 Å². The molecule has 7 nitrogen and oxygen atoms in total. The summed E-state index contributed by atoms with van der Waals surface area (Å²) in [6, 6.07) is 11.7. The summed E-state index contributed by atoms with van der Waals surface area (Å²) in [7, 11) is 0. The first-order chi connectivity index (χ1) is 14.0. The molecule has 0 aliphatic heterocycles. The summed E-state index contributed by atoms with van der Waals surface area (Å²) >= 11 is 2.60. The van der Waals surface area contributed by atoms with Gasteiger partial charge in [0.1, 0.15) is 28.5 Å². The first-order valence-corrected chi connectivity index (χ1v) is 10.4. The van der Waals surface area contributed by atoms with E-state index in [0.717, 1.165) is 11.1 Å². The molecule has 0 aliphatic carbocycles. The number of aromatic nitrogens is 2. The van der Waals surface area contributed by atoms with E-state index >= 15 is 0 Å². The van der Waals surface area contributed by atoms with Crippen molar-refractivity contribution in [2.45, 2.75) is 18.4 Å². The zero-order valence-electron chi connectivity index (χ0n) is 15.5. The third-order valence-electron chi connectivity index (χ3n) is 4.00. The molecule has 0 atom stereocenters. The summed E-state index contributed by atoms with van der Waals surface area (Å²) in [6.07, 6.45) is 1.83. The molecule has 0 bridgehead atoms. The molecule has 29 heavy (non-hydrogen) atoms. The van der Waals surface area contributed by atoms with Crippen molar-refractivity contribution < 1.29 is 4.79 Å². The zero-order valence-corrected chi connectivity index (χ0v) is 17.1. The van der Waals surface area contributed by atoms with Crippen molar-refractivity contribution in [2.24, 2.45) is 0 Å². The van der Waals surface area contributed by atoms with E-state index in [4.69, 9.17) is 5.73 Å². The molecule has 0 fully saturated rings. The van der Waals surface area contributed by atoms with Gasteiger partial charge in [-0.25, -0.2) is 9.97 Å². The van der Waals surface area contributed by atoms with Crippen LogP contribution in [0.2, 0.25) is 0 Å². The SMILES string of the molecule is Cc1ccc(-c2c(C#N)c(N)nc(SCCC(=O)Nc3nccs3)c2C#N)cc1. The number of hydrogen-bond acceptors (Lipinski definition) is 8. The highest BCUT2D eigenvalue weighted by molar-refractivity contribution is 7.99. The molecule has 2 aromatic heterocycles. The minimum atomic E-state index is -0.175. The zero-order chi connectivity index (χ0) is 20.8. The Bertz CT molecular complexity index is 1110. The highest BCUT2D eigenvalue weighted by Gasteiger charge is 2.20. The van der Waals surface area contributed by atoms with Crippen molar-refractivity contribution in [3.05, 3.63) is 52.5 Å². The van der Waals surface area contributed by atoms with Gasteiger partial charge in [0.05, 0.1) is 5.56 Å². The summed E-state index contributed by atoms with van der Waals surface area (Å²) < 4.78 is 0. The van der Waals surface area contributed by atoms with Gasteiger partial charge in [0, 0.05) is 29.3 Å². The quantitative estimate of drug-likeness (QED) is 0.577. The van der Waals surface area contributed by atoms with Gasteiger partial charge in [0.15, 0.2) is 5.13 Å².